The molecule has 0 amide bonds. The molecule has 2 aliphatic rings. The molecule has 2 unspecified atom stereocenters. The first-order valence-corrected chi connectivity index (χ1v) is 7.89. The van der Waals surface area contributed by atoms with Crippen LogP contribution in [0.4, 0.5) is 0 Å². The summed E-state index contributed by atoms with van der Waals surface area (Å²) < 4.78 is 9.96. The van der Waals surface area contributed by atoms with Crippen LogP contribution >= 0.6 is 0 Å². The van der Waals surface area contributed by atoms with E-state index in [2.05, 4.69) is 0 Å². The van der Waals surface area contributed by atoms with E-state index >= 15 is 0 Å². The third kappa shape index (κ3) is 3.93. The highest BCUT2D eigenvalue weighted by molar-refractivity contribution is 5.87. The standard InChI is InChI=1S/C16H22O6/c1-2-10(17)3-4-11(18)9-14(12-5-7-21-15(12)19)13-6-8-22-16(13)20/h12-14H,2-9H2,1H3. The quantitative estimate of drug-likeness (QED) is 0.631. The van der Waals surface area contributed by atoms with Crippen LogP contribution < -0.4 is 0 Å². The Labute approximate surface area is 129 Å². The van der Waals surface area contributed by atoms with Crippen molar-refractivity contribution in [2.45, 2.75) is 45.4 Å². The number of ketones is 2. The van der Waals surface area contributed by atoms with E-state index in [1.807, 2.05) is 0 Å². The van der Waals surface area contributed by atoms with Crippen molar-refractivity contribution in [1.29, 1.82) is 0 Å². The van der Waals surface area contributed by atoms with Crippen LogP contribution in [0.15, 0.2) is 0 Å². The summed E-state index contributed by atoms with van der Waals surface area (Å²) in [5.41, 5.74) is 0. The monoisotopic (exact) mass is 310 g/mol. The fraction of sp³-hybridized carbons (Fsp3) is 0.750. The summed E-state index contributed by atoms with van der Waals surface area (Å²) in [5.74, 6) is -1.89. The van der Waals surface area contributed by atoms with Crippen LogP contribution in [0, 0.1) is 17.8 Å². The normalized spacial score (nSPS) is 25.7. The zero-order chi connectivity index (χ0) is 16.1. The molecule has 2 saturated heterocycles. The van der Waals surface area contributed by atoms with Gasteiger partial charge in [-0.05, 0) is 18.8 Å². The molecule has 6 nitrogen and oxygen atoms in total. The molecule has 0 aromatic rings. The van der Waals surface area contributed by atoms with E-state index < -0.39 is 11.8 Å². The molecule has 0 aromatic heterocycles. The Morgan fingerprint density at radius 3 is 1.91 bits per heavy atom. The minimum atomic E-state index is -0.415. The molecule has 0 bridgehead atoms. The summed E-state index contributed by atoms with van der Waals surface area (Å²) in [5, 5.41) is 0. The number of carbonyl (C=O) groups is 4. The largest absolute Gasteiger partial charge is 0.465 e. The number of ether oxygens (including phenoxy) is 2. The van der Waals surface area contributed by atoms with Gasteiger partial charge in [0.05, 0.1) is 25.0 Å². The molecule has 22 heavy (non-hydrogen) atoms. The molecule has 0 N–H and O–H groups in total. The summed E-state index contributed by atoms with van der Waals surface area (Å²) in [6.45, 7) is 2.44. The molecule has 2 fully saturated rings. The lowest BCUT2D eigenvalue weighted by molar-refractivity contribution is -0.147. The first-order valence-electron chi connectivity index (χ1n) is 7.89. The van der Waals surface area contributed by atoms with Gasteiger partial charge < -0.3 is 9.47 Å². The van der Waals surface area contributed by atoms with Crippen molar-refractivity contribution in [3.8, 4) is 0 Å². The van der Waals surface area contributed by atoms with Crippen LogP contribution in [-0.2, 0) is 28.7 Å². The summed E-state index contributed by atoms with van der Waals surface area (Å²) in [6, 6.07) is 0. The summed E-state index contributed by atoms with van der Waals surface area (Å²) in [7, 11) is 0. The van der Waals surface area contributed by atoms with Gasteiger partial charge in [0.1, 0.15) is 11.6 Å². The van der Waals surface area contributed by atoms with Crippen molar-refractivity contribution in [3.63, 3.8) is 0 Å². The van der Waals surface area contributed by atoms with E-state index in [1.165, 1.54) is 0 Å². The highest BCUT2D eigenvalue weighted by Crippen LogP contribution is 2.37. The third-order valence-corrected chi connectivity index (χ3v) is 4.53. The average molecular weight is 310 g/mol. The zero-order valence-corrected chi connectivity index (χ0v) is 12.8. The van der Waals surface area contributed by atoms with Crippen molar-refractivity contribution in [1.82, 2.24) is 0 Å². The van der Waals surface area contributed by atoms with Gasteiger partial charge in [-0.3, -0.25) is 19.2 Å². The maximum absolute atomic E-state index is 12.1. The van der Waals surface area contributed by atoms with Crippen LogP contribution in [-0.4, -0.2) is 36.7 Å². The summed E-state index contributed by atoms with van der Waals surface area (Å²) in [6.07, 6.45) is 2.03. The van der Waals surface area contributed by atoms with Gasteiger partial charge in [0.15, 0.2) is 0 Å². The molecule has 0 aromatic carbocycles. The lowest BCUT2D eigenvalue weighted by atomic mass is 9.76. The smallest absolute Gasteiger partial charge is 0.309 e. The molecule has 0 saturated carbocycles. The van der Waals surface area contributed by atoms with Crippen molar-refractivity contribution >= 4 is 23.5 Å². The van der Waals surface area contributed by atoms with Crippen LogP contribution in [0.1, 0.15) is 45.4 Å². The highest BCUT2D eigenvalue weighted by Gasteiger charge is 2.44. The van der Waals surface area contributed by atoms with Crippen molar-refractivity contribution in [3.05, 3.63) is 0 Å². The molecule has 0 radical (unpaired) electrons. The lowest BCUT2D eigenvalue weighted by Gasteiger charge is -2.23. The Morgan fingerprint density at radius 2 is 1.50 bits per heavy atom. The lowest BCUT2D eigenvalue weighted by Crippen LogP contribution is -2.31. The van der Waals surface area contributed by atoms with E-state index in [0.29, 0.717) is 32.5 Å². The fourth-order valence-corrected chi connectivity index (χ4v) is 3.19. The SMILES string of the molecule is CCC(=O)CCC(=O)CC(C1CCOC1=O)C1CCOC1=O. The van der Waals surface area contributed by atoms with Crippen molar-refractivity contribution < 1.29 is 28.7 Å². The van der Waals surface area contributed by atoms with E-state index in [9.17, 15) is 19.2 Å². The molecule has 0 spiro atoms. The summed E-state index contributed by atoms with van der Waals surface area (Å²) in [4.78, 5) is 47.1. The minimum Gasteiger partial charge on any atom is -0.465 e. The van der Waals surface area contributed by atoms with Gasteiger partial charge in [-0.2, -0.15) is 0 Å². The number of carbonyl (C=O) groups excluding carboxylic acids is 4. The Bertz CT molecular complexity index is 443. The Morgan fingerprint density at radius 1 is 1.00 bits per heavy atom. The molecule has 122 valence electrons. The van der Waals surface area contributed by atoms with Gasteiger partial charge in [0.2, 0.25) is 0 Å². The van der Waals surface area contributed by atoms with Crippen LogP contribution in [0.2, 0.25) is 0 Å². The molecule has 2 aliphatic heterocycles. The number of esters is 2. The van der Waals surface area contributed by atoms with Gasteiger partial charge in [0, 0.05) is 25.7 Å². The third-order valence-electron chi connectivity index (χ3n) is 4.53. The van der Waals surface area contributed by atoms with Crippen LogP contribution in [0.5, 0.6) is 0 Å². The second-order valence-electron chi connectivity index (χ2n) is 5.92. The van der Waals surface area contributed by atoms with Crippen molar-refractivity contribution in [2.75, 3.05) is 13.2 Å². The van der Waals surface area contributed by atoms with Crippen molar-refractivity contribution in [2.24, 2.45) is 17.8 Å². The maximum atomic E-state index is 12.1. The predicted octanol–water partition coefficient (Wildman–Crippen LogP) is 1.45. The van der Waals surface area contributed by atoms with Crippen LogP contribution in [0.25, 0.3) is 0 Å². The molecule has 2 heterocycles. The second kappa shape index (κ2) is 7.51. The van der Waals surface area contributed by atoms with E-state index in [-0.39, 0.29) is 48.7 Å². The Hall–Kier alpha value is -1.72. The molecule has 0 aliphatic carbocycles. The van der Waals surface area contributed by atoms with E-state index in [0.717, 1.165) is 0 Å². The number of Topliss-reactive ketones (excluding diaryl/α,β-unsaturated/α-hetero) is 2. The number of cyclic esters (lactones) is 2. The van der Waals surface area contributed by atoms with Gasteiger partial charge >= 0.3 is 11.9 Å². The molecular formula is C16H22O6. The van der Waals surface area contributed by atoms with E-state index in [4.69, 9.17) is 9.47 Å². The average Bonchev–Trinajstić information content (AvgIpc) is 3.11. The molecular weight excluding hydrogens is 288 g/mol. The molecule has 2 rings (SSSR count). The Balaban J connectivity index is 2.01. The first-order chi connectivity index (χ1) is 10.5. The van der Waals surface area contributed by atoms with Gasteiger partial charge in [-0.1, -0.05) is 6.92 Å². The number of rotatable bonds is 8. The maximum Gasteiger partial charge on any atom is 0.309 e. The topological polar surface area (TPSA) is 86.7 Å². The zero-order valence-electron chi connectivity index (χ0n) is 12.8. The fourth-order valence-electron chi connectivity index (χ4n) is 3.19. The molecule has 2 atom stereocenters. The Kier molecular flexibility index (Phi) is 5.69. The highest BCUT2D eigenvalue weighted by atomic mass is 16.5. The minimum absolute atomic E-state index is 0.0467. The van der Waals surface area contributed by atoms with E-state index in [1.54, 1.807) is 6.92 Å². The number of hydrogen-bond donors (Lipinski definition) is 0. The predicted molar refractivity (Wildman–Crippen MR) is 75.8 cm³/mol. The van der Waals surface area contributed by atoms with Gasteiger partial charge in [-0.15, -0.1) is 0 Å². The number of hydrogen-bond acceptors (Lipinski definition) is 6. The first kappa shape index (κ1) is 16.6. The van der Waals surface area contributed by atoms with Gasteiger partial charge in [0.25, 0.3) is 0 Å². The molecule has 6 heteroatoms. The van der Waals surface area contributed by atoms with Crippen LogP contribution in [0.3, 0.4) is 0 Å². The second-order valence-corrected chi connectivity index (χ2v) is 5.92. The van der Waals surface area contributed by atoms with Gasteiger partial charge in [-0.25, -0.2) is 0 Å². The summed E-state index contributed by atoms with van der Waals surface area (Å²) >= 11 is 0.